The summed E-state index contributed by atoms with van der Waals surface area (Å²) in [6.45, 7) is 6.72. The van der Waals surface area contributed by atoms with E-state index in [0.29, 0.717) is 35.8 Å². The first-order chi connectivity index (χ1) is 11.4. The summed E-state index contributed by atoms with van der Waals surface area (Å²) in [7, 11) is 0. The van der Waals surface area contributed by atoms with Gasteiger partial charge in [0.15, 0.2) is 0 Å². The SMILES string of the molecule is Cc1nn(Cc2cccc(Cl)c2)cc1C(=O)NCCC(O)C(C)C. The highest BCUT2D eigenvalue weighted by Crippen LogP contribution is 2.13. The van der Waals surface area contributed by atoms with Crippen LogP contribution in [0, 0.1) is 12.8 Å². The lowest BCUT2D eigenvalue weighted by Crippen LogP contribution is -2.28. The van der Waals surface area contributed by atoms with Crippen LogP contribution in [0.3, 0.4) is 0 Å². The summed E-state index contributed by atoms with van der Waals surface area (Å²) in [6.07, 6.45) is 1.88. The van der Waals surface area contributed by atoms with E-state index in [0.717, 1.165) is 5.56 Å². The van der Waals surface area contributed by atoms with Gasteiger partial charge in [-0.15, -0.1) is 0 Å². The van der Waals surface area contributed by atoms with E-state index in [2.05, 4.69) is 10.4 Å². The Balaban J connectivity index is 1.96. The van der Waals surface area contributed by atoms with Crippen molar-refractivity contribution >= 4 is 17.5 Å². The standard InChI is InChI=1S/C18H24ClN3O2/c1-12(2)17(23)7-8-20-18(24)16-11-22(21-13(16)3)10-14-5-4-6-15(19)9-14/h4-6,9,11-12,17,23H,7-8,10H2,1-3H3,(H,20,24). The summed E-state index contributed by atoms with van der Waals surface area (Å²) in [5.74, 6) is 0.0184. The summed E-state index contributed by atoms with van der Waals surface area (Å²) in [5.41, 5.74) is 2.26. The number of rotatable bonds is 7. The third-order valence-electron chi connectivity index (χ3n) is 3.92. The van der Waals surface area contributed by atoms with Crippen molar-refractivity contribution in [2.45, 2.75) is 39.8 Å². The Hall–Kier alpha value is -1.85. The van der Waals surface area contributed by atoms with E-state index in [9.17, 15) is 9.90 Å². The number of halogens is 1. The molecule has 0 aliphatic rings. The highest BCUT2D eigenvalue weighted by molar-refractivity contribution is 6.30. The maximum Gasteiger partial charge on any atom is 0.254 e. The second kappa shape index (κ2) is 8.31. The molecule has 1 aromatic carbocycles. The number of benzene rings is 1. The van der Waals surface area contributed by atoms with Crippen molar-refractivity contribution in [2.75, 3.05) is 6.54 Å². The third-order valence-corrected chi connectivity index (χ3v) is 4.15. The summed E-state index contributed by atoms with van der Waals surface area (Å²) in [4.78, 5) is 12.3. The number of aryl methyl sites for hydroxylation is 1. The molecule has 130 valence electrons. The van der Waals surface area contributed by atoms with Crippen LogP contribution in [0.5, 0.6) is 0 Å². The van der Waals surface area contributed by atoms with Crippen LogP contribution in [-0.4, -0.2) is 33.4 Å². The molecule has 1 aromatic heterocycles. The number of carbonyl (C=O) groups excluding carboxylic acids is 1. The first-order valence-corrected chi connectivity index (χ1v) is 8.49. The lowest BCUT2D eigenvalue weighted by atomic mass is 10.0. The number of hydrogen-bond donors (Lipinski definition) is 2. The average Bonchev–Trinajstić information content (AvgIpc) is 2.87. The van der Waals surface area contributed by atoms with Gasteiger partial charge in [0.05, 0.1) is 23.9 Å². The van der Waals surface area contributed by atoms with Gasteiger partial charge < -0.3 is 10.4 Å². The highest BCUT2D eigenvalue weighted by Gasteiger charge is 2.15. The molecule has 1 heterocycles. The second-order valence-corrected chi connectivity index (χ2v) is 6.75. The minimum Gasteiger partial charge on any atom is -0.393 e. The van der Waals surface area contributed by atoms with Crippen molar-refractivity contribution in [2.24, 2.45) is 5.92 Å². The van der Waals surface area contributed by atoms with E-state index in [1.54, 1.807) is 10.9 Å². The minimum absolute atomic E-state index is 0.166. The molecule has 0 saturated heterocycles. The molecule has 0 aliphatic carbocycles. The molecule has 0 aliphatic heterocycles. The predicted molar refractivity (Wildman–Crippen MR) is 95.3 cm³/mol. The zero-order valence-electron chi connectivity index (χ0n) is 14.3. The van der Waals surface area contributed by atoms with Crippen molar-refractivity contribution in [3.63, 3.8) is 0 Å². The molecule has 1 amide bonds. The van der Waals surface area contributed by atoms with Gasteiger partial charge in [0.25, 0.3) is 5.91 Å². The molecule has 2 aromatic rings. The smallest absolute Gasteiger partial charge is 0.254 e. The van der Waals surface area contributed by atoms with Gasteiger partial charge in [-0.1, -0.05) is 37.6 Å². The Morgan fingerprint density at radius 1 is 1.42 bits per heavy atom. The zero-order chi connectivity index (χ0) is 17.7. The van der Waals surface area contributed by atoms with Gasteiger partial charge in [-0.2, -0.15) is 5.10 Å². The quantitative estimate of drug-likeness (QED) is 0.807. The van der Waals surface area contributed by atoms with Crippen LogP contribution in [0.2, 0.25) is 5.02 Å². The maximum absolute atomic E-state index is 12.3. The molecule has 0 saturated carbocycles. The van der Waals surface area contributed by atoms with Crippen molar-refractivity contribution in [3.05, 3.63) is 52.3 Å². The number of carbonyl (C=O) groups is 1. The van der Waals surface area contributed by atoms with Crippen LogP contribution in [0.25, 0.3) is 0 Å². The average molecular weight is 350 g/mol. The Bertz CT molecular complexity index is 697. The zero-order valence-corrected chi connectivity index (χ0v) is 15.0. The number of nitrogens with zero attached hydrogens (tertiary/aromatic N) is 2. The van der Waals surface area contributed by atoms with Gasteiger partial charge in [-0.3, -0.25) is 9.48 Å². The molecule has 0 fully saturated rings. The van der Waals surface area contributed by atoms with Crippen LogP contribution in [0.15, 0.2) is 30.5 Å². The van der Waals surface area contributed by atoms with Crippen LogP contribution < -0.4 is 5.32 Å². The third kappa shape index (κ3) is 5.08. The molecule has 2 N–H and O–H groups in total. The Morgan fingerprint density at radius 3 is 2.83 bits per heavy atom. The van der Waals surface area contributed by atoms with Crippen molar-refractivity contribution in [1.29, 1.82) is 0 Å². The number of amides is 1. The highest BCUT2D eigenvalue weighted by atomic mass is 35.5. The van der Waals surface area contributed by atoms with Crippen LogP contribution in [-0.2, 0) is 6.54 Å². The van der Waals surface area contributed by atoms with Crippen LogP contribution >= 0.6 is 11.6 Å². The largest absolute Gasteiger partial charge is 0.393 e. The van der Waals surface area contributed by atoms with Crippen molar-refractivity contribution < 1.29 is 9.90 Å². The van der Waals surface area contributed by atoms with E-state index in [4.69, 9.17) is 11.6 Å². The molecule has 6 heteroatoms. The number of aliphatic hydroxyl groups is 1. The van der Waals surface area contributed by atoms with Crippen LogP contribution in [0.1, 0.15) is 41.9 Å². The van der Waals surface area contributed by atoms with Crippen molar-refractivity contribution in [1.82, 2.24) is 15.1 Å². The summed E-state index contributed by atoms with van der Waals surface area (Å²) < 4.78 is 1.73. The first kappa shape index (κ1) is 18.5. The molecular weight excluding hydrogens is 326 g/mol. The lowest BCUT2D eigenvalue weighted by Gasteiger charge is -2.14. The maximum atomic E-state index is 12.3. The van der Waals surface area contributed by atoms with E-state index in [-0.39, 0.29) is 11.8 Å². The van der Waals surface area contributed by atoms with E-state index in [1.165, 1.54) is 0 Å². The van der Waals surface area contributed by atoms with Gasteiger partial charge in [-0.25, -0.2) is 0 Å². The molecule has 0 radical (unpaired) electrons. The molecule has 1 atom stereocenters. The Labute approximate surface area is 147 Å². The molecule has 1 unspecified atom stereocenters. The van der Waals surface area contributed by atoms with E-state index in [1.807, 2.05) is 45.0 Å². The van der Waals surface area contributed by atoms with Crippen molar-refractivity contribution in [3.8, 4) is 0 Å². The van der Waals surface area contributed by atoms with Gasteiger partial charge in [-0.05, 0) is 37.0 Å². The Kier molecular flexibility index (Phi) is 6.40. The molecular formula is C18H24ClN3O2. The molecule has 5 nitrogen and oxygen atoms in total. The topological polar surface area (TPSA) is 67.2 Å². The fourth-order valence-electron chi connectivity index (χ4n) is 2.41. The molecule has 2 rings (SSSR count). The minimum atomic E-state index is -0.406. The van der Waals surface area contributed by atoms with E-state index < -0.39 is 6.10 Å². The number of nitrogens with one attached hydrogen (secondary N) is 1. The monoisotopic (exact) mass is 349 g/mol. The first-order valence-electron chi connectivity index (χ1n) is 8.11. The Morgan fingerprint density at radius 2 is 2.17 bits per heavy atom. The predicted octanol–water partition coefficient (Wildman–Crippen LogP) is 3.03. The second-order valence-electron chi connectivity index (χ2n) is 6.31. The molecule has 0 bridgehead atoms. The molecule has 24 heavy (non-hydrogen) atoms. The lowest BCUT2D eigenvalue weighted by molar-refractivity contribution is 0.0919. The van der Waals surface area contributed by atoms with Crippen LogP contribution in [0.4, 0.5) is 0 Å². The number of aromatic nitrogens is 2. The van der Waals surface area contributed by atoms with Gasteiger partial charge in [0, 0.05) is 17.8 Å². The van der Waals surface area contributed by atoms with Gasteiger partial charge in [0.1, 0.15) is 0 Å². The summed E-state index contributed by atoms with van der Waals surface area (Å²) >= 11 is 5.99. The number of hydrogen-bond acceptors (Lipinski definition) is 3. The summed E-state index contributed by atoms with van der Waals surface area (Å²) in [5, 5.41) is 17.7. The van der Waals surface area contributed by atoms with Gasteiger partial charge >= 0.3 is 0 Å². The fourth-order valence-corrected chi connectivity index (χ4v) is 2.62. The normalized spacial score (nSPS) is 12.4. The summed E-state index contributed by atoms with van der Waals surface area (Å²) in [6, 6.07) is 7.56. The fraction of sp³-hybridized carbons (Fsp3) is 0.444. The van der Waals surface area contributed by atoms with E-state index >= 15 is 0 Å². The molecule has 0 spiro atoms. The van der Waals surface area contributed by atoms with Gasteiger partial charge in [0.2, 0.25) is 0 Å². The number of aliphatic hydroxyl groups excluding tert-OH is 1.